The topological polar surface area (TPSA) is 142 Å². The second kappa shape index (κ2) is 10.6. The van der Waals surface area contributed by atoms with E-state index in [1.165, 1.54) is 34.9 Å². The zero-order valence-electron chi connectivity index (χ0n) is 22.1. The number of aromatic nitrogens is 2. The molecule has 2 aromatic heterocycles. The van der Waals surface area contributed by atoms with Crippen molar-refractivity contribution in [3.8, 4) is 11.4 Å². The number of pyridine rings is 2. The molecule has 0 amide bonds. The number of piperazine rings is 1. The number of carbonyl (C=O) groups is 1. The molecule has 12 heteroatoms. The number of nitro groups is 1. The number of nitrogens with zero attached hydrogens (tertiary/aromatic N) is 5. The van der Waals surface area contributed by atoms with Gasteiger partial charge < -0.3 is 19.7 Å². The largest absolute Gasteiger partial charge is 0.506 e. The average Bonchev–Trinajstić information content (AvgIpc) is 2.98. The van der Waals surface area contributed by atoms with Crippen molar-refractivity contribution in [2.24, 2.45) is 0 Å². The van der Waals surface area contributed by atoms with Crippen LogP contribution >= 0.6 is 0 Å². The summed E-state index contributed by atoms with van der Waals surface area (Å²) >= 11 is 0. The minimum atomic E-state index is -1.46. The van der Waals surface area contributed by atoms with Crippen LogP contribution in [0.5, 0.6) is 5.75 Å². The van der Waals surface area contributed by atoms with Gasteiger partial charge in [0.1, 0.15) is 22.6 Å². The van der Waals surface area contributed by atoms with Crippen LogP contribution in [0.1, 0.15) is 16.1 Å². The Morgan fingerprint density at radius 3 is 2.45 bits per heavy atom. The normalized spacial score (nSPS) is 14.0. The highest BCUT2D eigenvalue weighted by Crippen LogP contribution is 2.29. The molecule has 11 nitrogen and oxygen atoms in total. The number of phenolic OH excluding ortho intramolecular Hbond substituents is 1. The van der Waals surface area contributed by atoms with Crippen LogP contribution < -0.4 is 10.3 Å². The monoisotopic (exact) mass is 569 g/mol. The third-order valence-electron chi connectivity index (χ3n) is 7.50. The number of non-ortho nitro benzene ring substituents is 1. The van der Waals surface area contributed by atoms with Crippen LogP contribution in [-0.2, 0) is 6.54 Å². The summed E-state index contributed by atoms with van der Waals surface area (Å²) in [7, 11) is 0. The number of aromatic carboxylic acids is 1. The van der Waals surface area contributed by atoms with Crippen LogP contribution in [0, 0.1) is 15.9 Å². The molecule has 0 unspecified atom stereocenters. The smallest absolute Gasteiger partial charge is 0.341 e. The van der Waals surface area contributed by atoms with Crippen molar-refractivity contribution in [3.63, 3.8) is 0 Å². The van der Waals surface area contributed by atoms with E-state index in [1.54, 1.807) is 12.1 Å². The molecule has 1 fully saturated rings. The number of carboxylic acid groups (broad SMARTS) is 1. The Labute approximate surface area is 237 Å². The quantitative estimate of drug-likeness (QED) is 0.226. The molecule has 2 N–H and O–H groups in total. The van der Waals surface area contributed by atoms with Gasteiger partial charge in [-0.05, 0) is 36.4 Å². The maximum absolute atomic E-state index is 15.5. The number of hydrogen-bond donors (Lipinski definition) is 2. The molecular weight excluding hydrogens is 545 g/mol. The van der Waals surface area contributed by atoms with E-state index in [0.29, 0.717) is 43.9 Å². The van der Waals surface area contributed by atoms with Crippen LogP contribution in [0.3, 0.4) is 0 Å². The highest BCUT2D eigenvalue weighted by Gasteiger charge is 2.23. The summed E-state index contributed by atoms with van der Waals surface area (Å²) in [5.41, 5.74) is 0.740. The molecule has 212 valence electrons. The standard InChI is InChI=1S/C30H24FN5O6/c31-24-14-22-25(35(17-23(29(22)38)30(39)40)20-6-8-21(9-7-20)36(41)42)15-26(24)34-12-10-33(11-13-34)16-19-5-4-18-2-1-3-27(37)28(18)32-19/h1-9,14-15,17,37H,10-13,16H2,(H,39,40). The van der Waals surface area contributed by atoms with E-state index in [0.717, 1.165) is 23.3 Å². The van der Waals surface area contributed by atoms with E-state index in [-0.39, 0.29) is 28.0 Å². The third kappa shape index (κ3) is 4.88. The van der Waals surface area contributed by atoms with E-state index >= 15 is 4.39 Å². The summed E-state index contributed by atoms with van der Waals surface area (Å²) in [5, 5.41) is 31.6. The van der Waals surface area contributed by atoms with Gasteiger partial charge in [0.25, 0.3) is 5.69 Å². The van der Waals surface area contributed by atoms with Crippen molar-refractivity contribution in [1.29, 1.82) is 0 Å². The fourth-order valence-electron chi connectivity index (χ4n) is 5.31. The number of anilines is 1. The van der Waals surface area contributed by atoms with Gasteiger partial charge in [0, 0.05) is 67.5 Å². The number of rotatable bonds is 6. The zero-order valence-corrected chi connectivity index (χ0v) is 22.1. The maximum Gasteiger partial charge on any atom is 0.341 e. The SMILES string of the molecule is O=C(O)c1cn(-c2ccc([N+](=O)[O-])cc2)c2cc(N3CCN(Cc4ccc5cccc(O)c5n4)CC3)c(F)cc2c1=O. The number of phenols is 1. The van der Waals surface area contributed by atoms with Crippen LogP contribution in [0.2, 0.25) is 0 Å². The molecule has 0 saturated carbocycles. The summed E-state index contributed by atoms with van der Waals surface area (Å²) in [4.78, 5) is 44.0. The van der Waals surface area contributed by atoms with Crippen molar-refractivity contribution in [1.82, 2.24) is 14.5 Å². The fourth-order valence-corrected chi connectivity index (χ4v) is 5.31. The Kier molecular flexibility index (Phi) is 6.75. The van der Waals surface area contributed by atoms with Gasteiger partial charge in [-0.15, -0.1) is 0 Å². The van der Waals surface area contributed by atoms with Gasteiger partial charge in [-0.3, -0.25) is 19.8 Å². The van der Waals surface area contributed by atoms with Gasteiger partial charge in [-0.1, -0.05) is 18.2 Å². The molecule has 1 aliphatic rings. The van der Waals surface area contributed by atoms with E-state index in [2.05, 4.69) is 9.88 Å². The van der Waals surface area contributed by atoms with Gasteiger partial charge in [0.2, 0.25) is 5.43 Å². The highest BCUT2D eigenvalue weighted by atomic mass is 19.1. The van der Waals surface area contributed by atoms with Gasteiger partial charge >= 0.3 is 5.97 Å². The van der Waals surface area contributed by atoms with E-state index in [1.807, 2.05) is 23.1 Å². The lowest BCUT2D eigenvalue weighted by Gasteiger charge is -2.36. The molecule has 42 heavy (non-hydrogen) atoms. The van der Waals surface area contributed by atoms with Crippen LogP contribution in [-0.4, -0.2) is 61.7 Å². The second-order valence-corrected chi connectivity index (χ2v) is 10.1. The number of fused-ring (bicyclic) bond motifs is 2. The summed E-state index contributed by atoms with van der Waals surface area (Å²) in [6.45, 7) is 2.72. The molecule has 3 heterocycles. The fraction of sp³-hybridized carbons (Fsp3) is 0.167. The first-order chi connectivity index (χ1) is 20.2. The summed E-state index contributed by atoms with van der Waals surface area (Å²) in [6, 6.07) is 17.1. The van der Waals surface area contributed by atoms with Crippen LogP contribution in [0.25, 0.3) is 27.5 Å². The number of para-hydroxylation sites is 1. The third-order valence-corrected chi connectivity index (χ3v) is 7.50. The van der Waals surface area contributed by atoms with Crippen molar-refractivity contribution < 1.29 is 24.3 Å². The van der Waals surface area contributed by atoms with Crippen molar-refractivity contribution in [3.05, 3.63) is 110 Å². The molecule has 5 aromatic rings. The second-order valence-electron chi connectivity index (χ2n) is 10.1. The first-order valence-electron chi connectivity index (χ1n) is 13.1. The Morgan fingerprint density at radius 1 is 1.02 bits per heavy atom. The van der Waals surface area contributed by atoms with Gasteiger partial charge in [0.05, 0.1) is 21.8 Å². The molecule has 6 rings (SSSR count). The van der Waals surface area contributed by atoms with Crippen molar-refractivity contribution in [2.45, 2.75) is 6.54 Å². The van der Waals surface area contributed by atoms with Gasteiger partial charge in [-0.2, -0.15) is 0 Å². The lowest BCUT2D eigenvalue weighted by Crippen LogP contribution is -2.46. The minimum Gasteiger partial charge on any atom is -0.506 e. The average molecular weight is 570 g/mol. The lowest BCUT2D eigenvalue weighted by molar-refractivity contribution is -0.384. The highest BCUT2D eigenvalue weighted by molar-refractivity contribution is 5.94. The summed E-state index contributed by atoms with van der Waals surface area (Å²) in [6.07, 6.45) is 1.15. The molecule has 1 aliphatic heterocycles. The number of hydrogen-bond acceptors (Lipinski definition) is 8. The Hall–Kier alpha value is -5.36. The number of aromatic hydroxyl groups is 1. The van der Waals surface area contributed by atoms with E-state index < -0.39 is 27.7 Å². The Balaban J connectivity index is 1.30. The summed E-state index contributed by atoms with van der Waals surface area (Å²) < 4.78 is 16.9. The predicted octanol–water partition coefficient (Wildman–Crippen LogP) is 4.31. The Morgan fingerprint density at radius 2 is 1.76 bits per heavy atom. The molecule has 0 spiro atoms. The van der Waals surface area contributed by atoms with E-state index in [9.17, 15) is 29.9 Å². The lowest BCUT2D eigenvalue weighted by atomic mass is 10.1. The number of carboxylic acids is 1. The summed E-state index contributed by atoms with van der Waals surface area (Å²) in [5.74, 6) is -2.00. The van der Waals surface area contributed by atoms with Gasteiger partial charge in [-0.25, -0.2) is 14.2 Å². The molecule has 1 saturated heterocycles. The number of nitro benzene ring substituents is 1. The molecule has 0 radical (unpaired) electrons. The molecule has 0 aliphatic carbocycles. The van der Waals surface area contributed by atoms with Crippen molar-refractivity contribution >= 4 is 39.1 Å². The Bertz CT molecular complexity index is 1930. The molecule has 0 bridgehead atoms. The molecule has 3 aromatic carbocycles. The van der Waals surface area contributed by atoms with Crippen molar-refractivity contribution in [2.75, 3.05) is 31.1 Å². The van der Waals surface area contributed by atoms with Crippen LogP contribution in [0.15, 0.2) is 77.7 Å². The molecular formula is C30H24FN5O6. The maximum atomic E-state index is 15.5. The number of halogens is 1. The first kappa shape index (κ1) is 26.8. The van der Waals surface area contributed by atoms with Gasteiger partial charge in [0.15, 0.2) is 0 Å². The minimum absolute atomic E-state index is 0.112. The van der Waals surface area contributed by atoms with Crippen LogP contribution in [0.4, 0.5) is 15.8 Å². The zero-order chi connectivity index (χ0) is 29.5. The molecule has 0 atom stereocenters. The number of benzene rings is 3. The van der Waals surface area contributed by atoms with E-state index in [4.69, 9.17) is 0 Å². The predicted molar refractivity (Wildman–Crippen MR) is 154 cm³/mol. The first-order valence-corrected chi connectivity index (χ1v) is 13.1.